The number of hydrogen-bond donors (Lipinski definition) is 1. The van der Waals surface area contributed by atoms with E-state index in [2.05, 4.69) is 25.9 Å². The zero-order valence-corrected chi connectivity index (χ0v) is 9.51. The van der Waals surface area contributed by atoms with Crippen LogP contribution in [0, 0.1) is 0 Å². The third kappa shape index (κ3) is 1.92. The van der Waals surface area contributed by atoms with E-state index in [9.17, 15) is 9.18 Å². The van der Waals surface area contributed by atoms with Crippen molar-refractivity contribution in [3.8, 4) is 0 Å². The Morgan fingerprint density at radius 2 is 2.27 bits per heavy atom. The van der Waals surface area contributed by atoms with Crippen LogP contribution < -0.4 is 5.56 Å². The Bertz CT molecular complexity index is 565. The van der Waals surface area contributed by atoms with Crippen LogP contribution in [-0.2, 0) is 0 Å². The first-order valence-corrected chi connectivity index (χ1v) is 5.21. The molecule has 78 valence electrons. The Labute approximate surface area is 93.5 Å². The van der Waals surface area contributed by atoms with Crippen LogP contribution in [0.15, 0.2) is 27.5 Å². The number of fused-ring (bicyclic) bond motifs is 1. The molecule has 1 aromatic carbocycles. The van der Waals surface area contributed by atoms with Crippen LogP contribution in [-0.4, -0.2) is 9.97 Å². The van der Waals surface area contributed by atoms with Gasteiger partial charge in [-0.25, -0.2) is 9.37 Å². The maximum Gasteiger partial charge on any atom is 0.258 e. The van der Waals surface area contributed by atoms with Gasteiger partial charge in [0.05, 0.1) is 10.9 Å². The summed E-state index contributed by atoms with van der Waals surface area (Å²) in [5.74, 6) is 0.0647. The molecule has 1 unspecified atom stereocenters. The van der Waals surface area contributed by atoms with Crippen molar-refractivity contribution in [2.24, 2.45) is 0 Å². The Hall–Kier alpha value is -1.23. The Morgan fingerprint density at radius 3 is 2.93 bits per heavy atom. The Balaban J connectivity index is 2.79. The zero-order chi connectivity index (χ0) is 11.0. The van der Waals surface area contributed by atoms with Gasteiger partial charge in [-0.1, -0.05) is 15.9 Å². The third-order valence-electron chi connectivity index (χ3n) is 2.06. The van der Waals surface area contributed by atoms with E-state index in [4.69, 9.17) is 0 Å². The van der Waals surface area contributed by atoms with Gasteiger partial charge in [0.1, 0.15) is 5.82 Å². The second-order valence-corrected chi connectivity index (χ2v) is 4.14. The highest BCUT2D eigenvalue weighted by Gasteiger charge is 2.09. The maximum atomic E-state index is 13.0. The molecule has 2 aromatic rings. The number of alkyl halides is 1. The van der Waals surface area contributed by atoms with Crippen LogP contribution in [0.1, 0.15) is 18.9 Å². The summed E-state index contributed by atoms with van der Waals surface area (Å²) in [6, 6.07) is 5.11. The fraction of sp³-hybridized carbons (Fsp3) is 0.200. The first-order chi connectivity index (χ1) is 7.08. The van der Waals surface area contributed by atoms with E-state index in [1.807, 2.05) is 0 Å². The lowest BCUT2D eigenvalue weighted by Crippen LogP contribution is -2.12. The fourth-order valence-electron chi connectivity index (χ4n) is 1.32. The molecule has 0 radical (unpaired) electrons. The quantitative estimate of drug-likeness (QED) is 0.866. The highest BCUT2D eigenvalue weighted by Crippen LogP contribution is 2.17. The molecule has 0 saturated heterocycles. The van der Waals surface area contributed by atoms with Crippen LogP contribution in [0.5, 0.6) is 0 Å². The number of hydrogen-bond acceptors (Lipinski definition) is 2. The van der Waals surface area contributed by atoms with Crippen molar-refractivity contribution in [3.05, 3.63) is 38.9 Å². The van der Waals surface area contributed by atoms with E-state index < -0.39 is 6.17 Å². The number of aromatic nitrogens is 2. The minimum absolute atomic E-state index is 0.0647. The smallest absolute Gasteiger partial charge is 0.258 e. The van der Waals surface area contributed by atoms with Gasteiger partial charge in [0.15, 0.2) is 6.17 Å². The van der Waals surface area contributed by atoms with Gasteiger partial charge in [0, 0.05) is 4.47 Å². The average molecular weight is 271 g/mol. The van der Waals surface area contributed by atoms with Gasteiger partial charge in [0.25, 0.3) is 5.56 Å². The van der Waals surface area contributed by atoms with Crippen molar-refractivity contribution < 1.29 is 4.39 Å². The van der Waals surface area contributed by atoms with Crippen LogP contribution in [0.25, 0.3) is 10.9 Å². The van der Waals surface area contributed by atoms with Gasteiger partial charge < -0.3 is 4.98 Å². The van der Waals surface area contributed by atoms with Crippen molar-refractivity contribution >= 4 is 26.8 Å². The number of nitrogens with zero attached hydrogens (tertiary/aromatic N) is 1. The number of nitrogens with one attached hydrogen (secondary N) is 1. The normalized spacial score (nSPS) is 13.0. The largest absolute Gasteiger partial charge is 0.308 e. The van der Waals surface area contributed by atoms with Gasteiger partial charge in [-0.2, -0.15) is 0 Å². The van der Waals surface area contributed by atoms with Crippen molar-refractivity contribution in [1.29, 1.82) is 0 Å². The molecule has 15 heavy (non-hydrogen) atoms. The molecular formula is C10H8BrFN2O. The lowest BCUT2D eigenvalue weighted by atomic mass is 10.2. The van der Waals surface area contributed by atoms with E-state index in [0.717, 1.165) is 4.47 Å². The van der Waals surface area contributed by atoms with Crippen molar-refractivity contribution in [2.45, 2.75) is 13.1 Å². The second kappa shape index (κ2) is 3.73. The molecule has 1 aromatic heterocycles. The predicted molar refractivity (Wildman–Crippen MR) is 59.6 cm³/mol. The molecule has 0 aliphatic carbocycles. The van der Waals surface area contributed by atoms with Crippen LogP contribution in [0.4, 0.5) is 4.39 Å². The highest BCUT2D eigenvalue weighted by molar-refractivity contribution is 9.10. The molecule has 0 aliphatic rings. The van der Waals surface area contributed by atoms with E-state index in [0.29, 0.717) is 10.9 Å². The van der Waals surface area contributed by atoms with E-state index in [-0.39, 0.29) is 11.4 Å². The molecular weight excluding hydrogens is 263 g/mol. The van der Waals surface area contributed by atoms with Gasteiger partial charge in [0.2, 0.25) is 0 Å². The molecule has 1 atom stereocenters. The number of aromatic amines is 1. The predicted octanol–water partition coefficient (Wildman–Crippen LogP) is 2.72. The third-order valence-corrected chi connectivity index (χ3v) is 2.56. The number of rotatable bonds is 1. The number of H-pyrrole nitrogens is 1. The van der Waals surface area contributed by atoms with Crippen LogP contribution in [0.3, 0.4) is 0 Å². The average Bonchev–Trinajstić information content (AvgIpc) is 2.18. The summed E-state index contributed by atoms with van der Waals surface area (Å²) in [7, 11) is 0. The molecule has 0 bridgehead atoms. The Kier molecular flexibility index (Phi) is 2.56. The molecule has 1 N–H and O–H groups in total. The van der Waals surface area contributed by atoms with Gasteiger partial charge >= 0.3 is 0 Å². The molecule has 0 aliphatic heterocycles. The minimum Gasteiger partial charge on any atom is -0.308 e. The van der Waals surface area contributed by atoms with Gasteiger partial charge in [-0.05, 0) is 25.1 Å². The van der Waals surface area contributed by atoms with Gasteiger partial charge in [-0.3, -0.25) is 4.79 Å². The summed E-state index contributed by atoms with van der Waals surface area (Å²) in [6.07, 6.45) is -1.27. The SMILES string of the molecule is CC(F)c1nc2ccc(Br)cc2c(=O)[nH]1. The molecule has 3 nitrogen and oxygen atoms in total. The molecule has 5 heteroatoms. The van der Waals surface area contributed by atoms with Crippen LogP contribution >= 0.6 is 15.9 Å². The van der Waals surface area contributed by atoms with E-state index in [1.165, 1.54) is 6.92 Å². The lowest BCUT2D eigenvalue weighted by Gasteiger charge is -2.03. The fourth-order valence-corrected chi connectivity index (χ4v) is 1.68. The lowest BCUT2D eigenvalue weighted by molar-refractivity contribution is 0.356. The summed E-state index contributed by atoms with van der Waals surface area (Å²) in [5.41, 5.74) is 0.183. The van der Waals surface area contributed by atoms with Crippen molar-refractivity contribution in [3.63, 3.8) is 0 Å². The summed E-state index contributed by atoms with van der Waals surface area (Å²) in [4.78, 5) is 18.0. The standard InChI is InChI=1S/C10H8BrFN2O/c1-5(12)9-13-8-3-2-6(11)4-7(8)10(15)14-9/h2-5H,1H3,(H,13,14,15). The molecule has 0 fully saturated rings. The second-order valence-electron chi connectivity index (χ2n) is 3.23. The van der Waals surface area contributed by atoms with Crippen LogP contribution in [0.2, 0.25) is 0 Å². The number of halogens is 2. The maximum absolute atomic E-state index is 13.0. The summed E-state index contributed by atoms with van der Waals surface area (Å²) in [6.45, 7) is 1.34. The van der Waals surface area contributed by atoms with Gasteiger partial charge in [-0.15, -0.1) is 0 Å². The van der Waals surface area contributed by atoms with Crippen molar-refractivity contribution in [1.82, 2.24) is 9.97 Å². The minimum atomic E-state index is -1.27. The summed E-state index contributed by atoms with van der Waals surface area (Å²) in [5, 5.41) is 0.453. The monoisotopic (exact) mass is 270 g/mol. The van der Waals surface area contributed by atoms with Crippen molar-refractivity contribution in [2.75, 3.05) is 0 Å². The molecule has 0 amide bonds. The first kappa shape index (κ1) is 10.3. The number of benzene rings is 1. The Morgan fingerprint density at radius 1 is 1.53 bits per heavy atom. The first-order valence-electron chi connectivity index (χ1n) is 4.41. The van der Waals surface area contributed by atoms with E-state index in [1.54, 1.807) is 18.2 Å². The molecule has 1 heterocycles. The summed E-state index contributed by atoms with van der Waals surface area (Å²) < 4.78 is 13.8. The highest BCUT2D eigenvalue weighted by atomic mass is 79.9. The molecule has 0 spiro atoms. The molecule has 2 rings (SSSR count). The zero-order valence-electron chi connectivity index (χ0n) is 7.92. The van der Waals surface area contributed by atoms with E-state index >= 15 is 0 Å². The summed E-state index contributed by atoms with van der Waals surface area (Å²) >= 11 is 3.26. The molecule has 0 saturated carbocycles. The topological polar surface area (TPSA) is 45.8 Å².